The number of nitrogens with one attached hydrogen (secondary N) is 1. The van der Waals surface area contributed by atoms with Gasteiger partial charge in [-0.2, -0.15) is 0 Å². The normalized spacial score (nSPS) is 14.9. The van der Waals surface area contributed by atoms with Gasteiger partial charge in [0.1, 0.15) is 5.75 Å². The highest BCUT2D eigenvalue weighted by molar-refractivity contribution is 6.03. The van der Waals surface area contributed by atoms with Crippen LogP contribution >= 0.6 is 0 Å². The Bertz CT molecular complexity index is 642. The molecule has 0 unspecified atom stereocenters. The number of nitrogens with zero attached hydrogens (tertiary/aromatic N) is 2. The van der Waals surface area contributed by atoms with Gasteiger partial charge in [0.05, 0.1) is 19.0 Å². The summed E-state index contributed by atoms with van der Waals surface area (Å²) in [5.41, 5.74) is 0.332. The summed E-state index contributed by atoms with van der Waals surface area (Å²) in [4.78, 5) is 25.6. The van der Waals surface area contributed by atoms with Gasteiger partial charge in [-0.25, -0.2) is 18.9 Å². The number of benzene rings is 1. The SMILES string of the molecule is C=C1C(F)=CN(C(=O)Nc2cccc(OC)c2)C(=O)N1C. The summed E-state index contributed by atoms with van der Waals surface area (Å²) < 4.78 is 18.6. The van der Waals surface area contributed by atoms with Gasteiger partial charge in [-0.1, -0.05) is 12.6 Å². The molecule has 1 aromatic rings. The van der Waals surface area contributed by atoms with E-state index in [0.29, 0.717) is 16.3 Å². The topological polar surface area (TPSA) is 61.9 Å². The second-order valence-corrected chi connectivity index (χ2v) is 4.30. The van der Waals surface area contributed by atoms with Crippen LogP contribution in [-0.2, 0) is 0 Å². The number of carbonyl (C=O) groups excluding carboxylic acids is 2. The summed E-state index contributed by atoms with van der Waals surface area (Å²) in [5, 5.41) is 2.49. The van der Waals surface area contributed by atoms with E-state index in [1.54, 1.807) is 24.3 Å². The number of rotatable bonds is 2. The van der Waals surface area contributed by atoms with Gasteiger partial charge >= 0.3 is 12.1 Å². The molecule has 110 valence electrons. The molecule has 21 heavy (non-hydrogen) atoms. The van der Waals surface area contributed by atoms with Crippen molar-refractivity contribution in [2.45, 2.75) is 0 Å². The molecule has 2 rings (SSSR count). The Morgan fingerprint density at radius 2 is 2.14 bits per heavy atom. The fraction of sp³-hybridized carbons (Fsp3) is 0.143. The second-order valence-electron chi connectivity index (χ2n) is 4.30. The van der Waals surface area contributed by atoms with Crippen LogP contribution in [-0.4, -0.2) is 36.0 Å². The standard InChI is InChI=1S/C14H14FN3O3/c1-9-12(15)8-18(14(20)17(9)2)13(19)16-10-5-4-6-11(7-10)21-3/h4-8H,1H2,2-3H3,(H,16,19). The molecule has 0 fully saturated rings. The smallest absolute Gasteiger partial charge is 0.336 e. The number of anilines is 1. The average molecular weight is 291 g/mol. The summed E-state index contributed by atoms with van der Waals surface area (Å²) in [6.45, 7) is 3.41. The van der Waals surface area contributed by atoms with Crippen LogP contribution in [0.5, 0.6) is 5.75 Å². The quantitative estimate of drug-likeness (QED) is 0.911. The highest BCUT2D eigenvalue weighted by Gasteiger charge is 2.31. The van der Waals surface area contributed by atoms with E-state index in [4.69, 9.17) is 4.74 Å². The van der Waals surface area contributed by atoms with Crippen molar-refractivity contribution in [3.8, 4) is 5.75 Å². The van der Waals surface area contributed by atoms with Gasteiger partial charge in [-0.05, 0) is 12.1 Å². The van der Waals surface area contributed by atoms with Crippen molar-refractivity contribution in [2.24, 2.45) is 0 Å². The van der Waals surface area contributed by atoms with Gasteiger partial charge in [0.15, 0.2) is 5.83 Å². The number of ether oxygens (including phenoxy) is 1. The number of methoxy groups -OCH3 is 1. The van der Waals surface area contributed by atoms with Gasteiger partial charge in [0, 0.05) is 18.8 Å². The molecule has 1 heterocycles. The lowest BCUT2D eigenvalue weighted by molar-refractivity contribution is 0.183. The van der Waals surface area contributed by atoms with Crippen molar-refractivity contribution in [1.29, 1.82) is 0 Å². The Morgan fingerprint density at radius 3 is 2.81 bits per heavy atom. The lowest BCUT2D eigenvalue weighted by Crippen LogP contribution is -2.46. The molecule has 0 aromatic heterocycles. The Labute approximate surface area is 121 Å². The van der Waals surface area contributed by atoms with Gasteiger partial charge < -0.3 is 10.1 Å². The van der Waals surface area contributed by atoms with E-state index in [1.165, 1.54) is 14.2 Å². The van der Waals surface area contributed by atoms with Crippen molar-refractivity contribution in [1.82, 2.24) is 9.80 Å². The van der Waals surface area contributed by atoms with Crippen LogP contribution in [0.1, 0.15) is 0 Å². The molecule has 0 aliphatic carbocycles. The van der Waals surface area contributed by atoms with Crippen LogP contribution < -0.4 is 10.1 Å². The van der Waals surface area contributed by atoms with Crippen LogP contribution in [0.4, 0.5) is 19.7 Å². The molecular formula is C14H14FN3O3. The first-order valence-corrected chi connectivity index (χ1v) is 6.02. The lowest BCUT2D eigenvalue weighted by atomic mass is 10.3. The Balaban J connectivity index is 2.20. The van der Waals surface area contributed by atoms with Gasteiger partial charge in [0.2, 0.25) is 0 Å². The molecule has 1 aliphatic rings. The zero-order valence-corrected chi connectivity index (χ0v) is 11.6. The maximum absolute atomic E-state index is 13.6. The molecule has 6 nitrogen and oxygen atoms in total. The average Bonchev–Trinajstić information content (AvgIpc) is 2.48. The fourth-order valence-electron chi connectivity index (χ4n) is 1.71. The lowest BCUT2D eigenvalue weighted by Gasteiger charge is -2.29. The zero-order chi connectivity index (χ0) is 15.6. The van der Waals surface area contributed by atoms with Crippen molar-refractivity contribution in [3.63, 3.8) is 0 Å². The summed E-state index contributed by atoms with van der Waals surface area (Å²) >= 11 is 0. The minimum Gasteiger partial charge on any atom is -0.497 e. The molecule has 1 aromatic carbocycles. The number of imide groups is 1. The van der Waals surface area contributed by atoms with E-state index >= 15 is 0 Å². The first kappa shape index (κ1) is 14.6. The minimum absolute atomic E-state index is 0.0922. The third kappa shape index (κ3) is 2.86. The maximum atomic E-state index is 13.6. The number of hydrogen-bond donors (Lipinski definition) is 1. The van der Waals surface area contributed by atoms with Crippen molar-refractivity contribution >= 4 is 17.7 Å². The molecule has 0 spiro atoms. The van der Waals surface area contributed by atoms with E-state index in [2.05, 4.69) is 11.9 Å². The number of hydrogen-bond acceptors (Lipinski definition) is 3. The van der Waals surface area contributed by atoms with E-state index < -0.39 is 17.9 Å². The highest BCUT2D eigenvalue weighted by atomic mass is 19.1. The summed E-state index contributed by atoms with van der Waals surface area (Å²) in [5.74, 6) is -0.206. The zero-order valence-electron chi connectivity index (χ0n) is 11.6. The summed E-state index contributed by atoms with van der Waals surface area (Å²) in [6.07, 6.45) is 0.806. The Morgan fingerprint density at radius 1 is 1.43 bits per heavy atom. The molecule has 0 saturated heterocycles. The number of amides is 4. The second kappa shape index (κ2) is 5.66. The van der Waals surface area contributed by atoms with E-state index in [9.17, 15) is 14.0 Å². The van der Waals surface area contributed by atoms with Crippen LogP contribution in [0, 0.1) is 0 Å². The highest BCUT2D eigenvalue weighted by Crippen LogP contribution is 2.23. The molecule has 1 aliphatic heterocycles. The monoisotopic (exact) mass is 291 g/mol. The first-order chi connectivity index (χ1) is 9.93. The van der Waals surface area contributed by atoms with E-state index in [-0.39, 0.29) is 5.70 Å². The molecular weight excluding hydrogens is 277 g/mol. The van der Waals surface area contributed by atoms with E-state index in [0.717, 1.165) is 11.1 Å². The summed E-state index contributed by atoms with van der Waals surface area (Å²) in [7, 11) is 2.83. The molecule has 1 N–H and O–H groups in total. The number of halogens is 1. The van der Waals surface area contributed by atoms with Crippen molar-refractivity contribution in [3.05, 3.63) is 48.6 Å². The van der Waals surface area contributed by atoms with Crippen LogP contribution in [0.25, 0.3) is 0 Å². The predicted octanol–water partition coefficient (Wildman–Crippen LogP) is 2.92. The van der Waals surface area contributed by atoms with Gasteiger partial charge in [0.25, 0.3) is 0 Å². The molecule has 0 atom stereocenters. The van der Waals surface area contributed by atoms with Crippen molar-refractivity contribution in [2.75, 3.05) is 19.5 Å². The van der Waals surface area contributed by atoms with Crippen LogP contribution in [0.2, 0.25) is 0 Å². The molecule has 0 radical (unpaired) electrons. The summed E-state index contributed by atoms with van der Waals surface area (Å²) in [6, 6.07) is 5.12. The third-order valence-electron chi connectivity index (χ3n) is 2.96. The Kier molecular flexibility index (Phi) is 3.93. The predicted molar refractivity (Wildman–Crippen MR) is 75.3 cm³/mol. The molecule has 0 saturated carbocycles. The minimum atomic E-state index is -0.775. The van der Waals surface area contributed by atoms with Crippen LogP contribution in [0.15, 0.2) is 48.6 Å². The van der Waals surface area contributed by atoms with Gasteiger partial charge in [-0.15, -0.1) is 0 Å². The molecule has 7 heteroatoms. The van der Waals surface area contributed by atoms with Gasteiger partial charge in [-0.3, -0.25) is 4.90 Å². The van der Waals surface area contributed by atoms with Crippen LogP contribution in [0.3, 0.4) is 0 Å². The first-order valence-electron chi connectivity index (χ1n) is 6.02. The third-order valence-corrected chi connectivity index (χ3v) is 2.96. The largest absolute Gasteiger partial charge is 0.497 e. The van der Waals surface area contributed by atoms with Crippen molar-refractivity contribution < 1.29 is 18.7 Å². The fourth-order valence-corrected chi connectivity index (χ4v) is 1.71. The molecule has 0 bridgehead atoms. The number of urea groups is 2. The number of carbonyl (C=O) groups is 2. The molecule has 4 amide bonds. The Hall–Kier alpha value is -2.83. The number of likely N-dealkylation sites (N-methyl/N-ethyl adjacent to an activating group) is 1. The van der Waals surface area contributed by atoms with E-state index in [1.807, 2.05) is 0 Å². The number of allylic oxidation sites excluding steroid dienone is 1. The maximum Gasteiger partial charge on any atom is 0.336 e.